The average Bonchev–Trinajstić information content (AvgIpc) is 2.51. The van der Waals surface area contributed by atoms with Gasteiger partial charge in [-0.3, -0.25) is 0 Å². The molecule has 0 amide bonds. The predicted octanol–water partition coefficient (Wildman–Crippen LogP) is 4.48. The maximum Gasteiger partial charge on any atom is 0.487 e. The van der Waals surface area contributed by atoms with Gasteiger partial charge in [0.15, 0.2) is 0 Å². The largest absolute Gasteiger partial charge is 0.487 e. The fourth-order valence-corrected chi connectivity index (χ4v) is 1.75. The first-order chi connectivity index (χ1) is 8.89. The molecule has 1 aliphatic heterocycles. The summed E-state index contributed by atoms with van der Waals surface area (Å²) in [5.74, 6) is 1.95. The third-order valence-corrected chi connectivity index (χ3v) is 3.73. The summed E-state index contributed by atoms with van der Waals surface area (Å²) in [6.07, 6.45) is 14.0. The molecule has 3 heteroatoms. The summed E-state index contributed by atoms with van der Waals surface area (Å²) in [6, 6.07) is 0. The van der Waals surface area contributed by atoms with Crippen LogP contribution in [0.5, 0.6) is 0 Å². The van der Waals surface area contributed by atoms with Gasteiger partial charge in [0.05, 0.1) is 11.2 Å². The minimum absolute atomic E-state index is 0.251. The second kappa shape index (κ2) is 7.11. The third-order valence-electron chi connectivity index (χ3n) is 3.73. The highest BCUT2D eigenvalue weighted by atomic mass is 16.7. The van der Waals surface area contributed by atoms with Gasteiger partial charge >= 0.3 is 7.12 Å². The molecule has 0 aliphatic carbocycles. The van der Waals surface area contributed by atoms with E-state index >= 15 is 0 Å². The fraction of sp³-hybridized carbons (Fsp3) is 0.625. The van der Waals surface area contributed by atoms with Crippen molar-refractivity contribution in [3.8, 4) is 0 Å². The SMILES string of the molecule is CCCC/C=C/C=C/C=C/B1OC(C)(C)C(C)(C)O1. The van der Waals surface area contributed by atoms with Crippen LogP contribution in [-0.2, 0) is 9.31 Å². The molecule has 1 rings (SSSR count). The molecule has 0 atom stereocenters. The second-order valence-electron chi connectivity index (χ2n) is 5.96. The maximum absolute atomic E-state index is 5.86. The molecule has 0 spiro atoms. The first-order valence-corrected chi connectivity index (χ1v) is 7.25. The van der Waals surface area contributed by atoms with E-state index in [2.05, 4.69) is 46.8 Å². The van der Waals surface area contributed by atoms with Crippen LogP contribution in [0.25, 0.3) is 0 Å². The van der Waals surface area contributed by atoms with Crippen LogP contribution in [0.15, 0.2) is 36.4 Å². The van der Waals surface area contributed by atoms with E-state index in [4.69, 9.17) is 9.31 Å². The summed E-state index contributed by atoms with van der Waals surface area (Å²) in [6.45, 7) is 10.5. The van der Waals surface area contributed by atoms with E-state index in [0.29, 0.717) is 0 Å². The first kappa shape index (κ1) is 16.3. The van der Waals surface area contributed by atoms with Crippen molar-refractivity contribution >= 4 is 7.12 Å². The van der Waals surface area contributed by atoms with Gasteiger partial charge in [-0.25, -0.2) is 0 Å². The molecule has 0 aromatic rings. The molecule has 2 nitrogen and oxygen atoms in total. The van der Waals surface area contributed by atoms with Crippen LogP contribution in [0, 0.1) is 0 Å². The lowest BCUT2D eigenvalue weighted by Gasteiger charge is -2.32. The highest BCUT2D eigenvalue weighted by Crippen LogP contribution is 2.36. The van der Waals surface area contributed by atoms with Crippen LogP contribution in [0.4, 0.5) is 0 Å². The number of rotatable bonds is 6. The molecular weight excluding hydrogens is 235 g/mol. The average molecular weight is 262 g/mol. The lowest BCUT2D eigenvalue weighted by Crippen LogP contribution is -2.41. The minimum Gasteiger partial charge on any atom is -0.400 e. The number of unbranched alkanes of at least 4 members (excludes halogenated alkanes) is 2. The van der Waals surface area contributed by atoms with Gasteiger partial charge in [-0.1, -0.05) is 56.1 Å². The van der Waals surface area contributed by atoms with Gasteiger partial charge in [0.25, 0.3) is 0 Å². The maximum atomic E-state index is 5.86. The summed E-state index contributed by atoms with van der Waals surface area (Å²) in [5.41, 5.74) is -0.516. The molecule has 0 bridgehead atoms. The molecular formula is C16H27BO2. The summed E-state index contributed by atoms with van der Waals surface area (Å²) in [7, 11) is -0.251. The summed E-state index contributed by atoms with van der Waals surface area (Å²) >= 11 is 0. The molecule has 0 N–H and O–H groups in total. The van der Waals surface area contributed by atoms with Crippen molar-refractivity contribution in [3.63, 3.8) is 0 Å². The molecule has 0 unspecified atom stereocenters. The topological polar surface area (TPSA) is 18.5 Å². The molecule has 1 saturated heterocycles. The second-order valence-corrected chi connectivity index (χ2v) is 5.96. The Morgan fingerprint density at radius 3 is 2.05 bits per heavy atom. The molecule has 1 fully saturated rings. The summed E-state index contributed by atoms with van der Waals surface area (Å²) in [4.78, 5) is 0. The Hall–Kier alpha value is -0.795. The van der Waals surface area contributed by atoms with Gasteiger partial charge in [0.2, 0.25) is 0 Å². The Morgan fingerprint density at radius 2 is 1.47 bits per heavy atom. The van der Waals surface area contributed by atoms with E-state index in [1.807, 2.05) is 24.2 Å². The van der Waals surface area contributed by atoms with Crippen molar-refractivity contribution in [3.05, 3.63) is 36.4 Å². The van der Waals surface area contributed by atoms with E-state index in [0.717, 1.165) is 6.42 Å². The van der Waals surface area contributed by atoms with Gasteiger partial charge < -0.3 is 9.31 Å². The van der Waals surface area contributed by atoms with Crippen molar-refractivity contribution in [1.29, 1.82) is 0 Å². The third kappa shape index (κ3) is 5.00. The van der Waals surface area contributed by atoms with E-state index in [-0.39, 0.29) is 18.3 Å². The predicted molar refractivity (Wildman–Crippen MR) is 83.0 cm³/mol. The lowest BCUT2D eigenvalue weighted by atomic mass is 9.90. The molecule has 106 valence electrons. The lowest BCUT2D eigenvalue weighted by molar-refractivity contribution is 0.00578. The van der Waals surface area contributed by atoms with Crippen molar-refractivity contribution in [1.82, 2.24) is 0 Å². The quantitative estimate of drug-likeness (QED) is 0.399. The number of allylic oxidation sites excluding steroid dienone is 5. The summed E-state index contributed by atoms with van der Waals surface area (Å²) in [5, 5.41) is 0. The Balaban J connectivity index is 2.35. The Labute approximate surface area is 118 Å². The molecule has 0 saturated carbocycles. The van der Waals surface area contributed by atoms with Gasteiger partial charge in [0.1, 0.15) is 0 Å². The van der Waals surface area contributed by atoms with E-state index in [1.165, 1.54) is 12.8 Å². The minimum atomic E-state index is -0.258. The Kier molecular flexibility index (Phi) is 6.09. The standard InChI is InChI=1S/C16H27BO2/c1-6-7-8-9-10-11-12-13-14-17-18-15(2,3)16(4,5)19-17/h9-14H,6-8H2,1-5H3/b10-9+,12-11+,14-13+. The number of hydrogen-bond acceptors (Lipinski definition) is 2. The van der Waals surface area contributed by atoms with Gasteiger partial charge in [-0.05, 0) is 34.1 Å². The summed E-state index contributed by atoms with van der Waals surface area (Å²) < 4.78 is 11.7. The van der Waals surface area contributed by atoms with Gasteiger partial charge in [0, 0.05) is 0 Å². The van der Waals surface area contributed by atoms with Crippen LogP contribution >= 0.6 is 0 Å². The molecule has 19 heavy (non-hydrogen) atoms. The van der Waals surface area contributed by atoms with Crippen LogP contribution in [0.1, 0.15) is 53.9 Å². The van der Waals surface area contributed by atoms with Crippen molar-refractivity contribution in [2.75, 3.05) is 0 Å². The van der Waals surface area contributed by atoms with Gasteiger partial charge in [-0.15, -0.1) is 0 Å². The zero-order valence-electron chi connectivity index (χ0n) is 13.0. The Morgan fingerprint density at radius 1 is 0.895 bits per heavy atom. The monoisotopic (exact) mass is 262 g/mol. The molecule has 1 aliphatic rings. The van der Waals surface area contributed by atoms with Gasteiger partial charge in [-0.2, -0.15) is 0 Å². The van der Waals surface area contributed by atoms with E-state index < -0.39 is 0 Å². The van der Waals surface area contributed by atoms with E-state index in [9.17, 15) is 0 Å². The van der Waals surface area contributed by atoms with Crippen LogP contribution in [-0.4, -0.2) is 18.3 Å². The fourth-order valence-electron chi connectivity index (χ4n) is 1.75. The molecule has 0 radical (unpaired) electrons. The molecule has 0 aromatic heterocycles. The van der Waals surface area contributed by atoms with Crippen molar-refractivity contribution < 1.29 is 9.31 Å². The first-order valence-electron chi connectivity index (χ1n) is 7.25. The molecule has 0 aromatic carbocycles. The Bertz CT molecular complexity index is 338. The highest BCUT2D eigenvalue weighted by Gasteiger charge is 2.49. The van der Waals surface area contributed by atoms with Crippen molar-refractivity contribution in [2.45, 2.75) is 65.1 Å². The normalized spacial score (nSPS) is 22.3. The van der Waals surface area contributed by atoms with Crippen LogP contribution in [0.2, 0.25) is 0 Å². The smallest absolute Gasteiger partial charge is 0.400 e. The number of hydrogen-bond donors (Lipinski definition) is 0. The highest BCUT2D eigenvalue weighted by molar-refractivity contribution is 6.51. The van der Waals surface area contributed by atoms with Crippen molar-refractivity contribution in [2.24, 2.45) is 0 Å². The zero-order chi connectivity index (χ0) is 14.4. The molecule has 1 heterocycles. The van der Waals surface area contributed by atoms with E-state index in [1.54, 1.807) is 0 Å². The van der Waals surface area contributed by atoms with Crippen LogP contribution < -0.4 is 0 Å². The zero-order valence-corrected chi connectivity index (χ0v) is 13.0. The van der Waals surface area contributed by atoms with Crippen LogP contribution in [0.3, 0.4) is 0 Å².